The van der Waals surface area contributed by atoms with E-state index in [1.54, 1.807) is 13.2 Å². The summed E-state index contributed by atoms with van der Waals surface area (Å²) >= 11 is 0. The van der Waals surface area contributed by atoms with E-state index in [9.17, 15) is 9.59 Å². The summed E-state index contributed by atoms with van der Waals surface area (Å²) < 4.78 is 10.6. The smallest absolute Gasteiger partial charge is 0.306 e. The van der Waals surface area contributed by atoms with Gasteiger partial charge >= 0.3 is 5.97 Å². The minimum absolute atomic E-state index is 0.0520. The molecule has 1 amide bonds. The molecule has 3 aromatic rings. The quantitative estimate of drug-likeness (QED) is 0.478. The number of rotatable bonds is 7. The Hall–Kier alpha value is -3.34. The zero-order valence-electron chi connectivity index (χ0n) is 18.5. The molecule has 31 heavy (non-hydrogen) atoms. The van der Waals surface area contributed by atoms with Crippen molar-refractivity contribution in [3.63, 3.8) is 0 Å². The number of carbonyl (C=O) groups excluding carboxylic acids is 2. The summed E-state index contributed by atoms with van der Waals surface area (Å²) in [5.74, 6) is 0.216. The Labute approximate surface area is 183 Å². The third-order valence-corrected chi connectivity index (χ3v) is 5.02. The van der Waals surface area contributed by atoms with Gasteiger partial charge in [-0.05, 0) is 66.3 Å². The Kier molecular flexibility index (Phi) is 6.95. The van der Waals surface area contributed by atoms with Gasteiger partial charge in [0.2, 0.25) is 0 Å². The molecule has 0 unspecified atom stereocenters. The molecule has 1 N–H and O–H groups in total. The van der Waals surface area contributed by atoms with Crippen LogP contribution in [-0.2, 0) is 21.4 Å². The molecule has 0 aliphatic heterocycles. The number of ether oxygens (including phenoxy) is 1. The topological polar surface area (TPSA) is 68.5 Å². The van der Waals surface area contributed by atoms with Crippen LogP contribution in [0.15, 0.2) is 65.3 Å². The maximum absolute atomic E-state index is 13.1. The molecule has 162 valence electrons. The molecule has 0 fully saturated rings. The summed E-state index contributed by atoms with van der Waals surface area (Å²) in [6.07, 6.45) is 2.47. The Morgan fingerprint density at radius 1 is 1.03 bits per heavy atom. The van der Waals surface area contributed by atoms with E-state index >= 15 is 0 Å². The van der Waals surface area contributed by atoms with Crippen molar-refractivity contribution in [2.24, 2.45) is 0 Å². The lowest BCUT2D eigenvalue weighted by molar-refractivity contribution is -0.143. The summed E-state index contributed by atoms with van der Waals surface area (Å²) in [7, 11) is 0. The van der Waals surface area contributed by atoms with Gasteiger partial charge in [-0.15, -0.1) is 0 Å². The van der Waals surface area contributed by atoms with E-state index in [0.717, 1.165) is 16.7 Å². The molecule has 0 atom stereocenters. The fraction of sp³-hybridized carbons (Fsp3) is 0.308. The second-order valence-electron chi connectivity index (χ2n) is 8.45. The number of benzene rings is 2. The third-order valence-electron chi connectivity index (χ3n) is 5.02. The Balaban J connectivity index is 1.82. The molecule has 0 aliphatic carbocycles. The van der Waals surface area contributed by atoms with Crippen LogP contribution in [-0.4, -0.2) is 18.5 Å². The number of hydrogen-bond acceptors (Lipinski definition) is 4. The molecular weight excluding hydrogens is 390 g/mol. The predicted octanol–water partition coefficient (Wildman–Crippen LogP) is 5.99. The van der Waals surface area contributed by atoms with Gasteiger partial charge in [0.25, 0.3) is 5.91 Å². The van der Waals surface area contributed by atoms with Gasteiger partial charge in [0.1, 0.15) is 5.76 Å². The van der Waals surface area contributed by atoms with Gasteiger partial charge in [-0.1, -0.05) is 39.0 Å². The fourth-order valence-corrected chi connectivity index (χ4v) is 3.33. The lowest BCUT2D eigenvalue weighted by Gasteiger charge is -2.21. The number of carbonyl (C=O) groups is 2. The van der Waals surface area contributed by atoms with Gasteiger partial charge in [-0.3, -0.25) is 9.59 Å². The van der Waals surface area contributed by atoms with Crippen LogP contribution < -0.4 is 5.32 Å². The fourth-order valence-electron chi connectivity index (χ4n) is 3.33. The van der Waals surface area contributed by atoms with E-state index in [4.69, 9.17) is 9.15 Å². The van der Waals surface area contributed by atoms with Crippen LogP contribution in [0.5, 0.6) is 0 Å². The molecule has 0 saturated heterocycles. The first-order valence-corrected chi connectivity index (χ1v) is 10.5. The predicted molar refractivity (Wildman–Crippen MR) is 122 cm³/mol. The summed E-state index contributed by atoms with van der Waals surface area (Å²) in [5.41, 5.74) is 4.00. The summed E-state index contributed by atoms with van der Waals surface area (Å²) in [4.78, 5) is 24.7. The Morgan fingerprint density at radius 3 is 2.52 bits per heavy atom. The minimum atomic E-state index is -0.223. The van der Waals surface area contributed by atoms with E-state index < -0.39 is 0 Å². The Bertz CT molecular complexity index is 1050. The van der Waals surface area contributed by atoms with Gasteiger partial charge in [0.05, 0.1) is 18.4 Å². The molecule has 5 nitrogen and oxygen atoms in total. The van der Waals surface area contributed by atoms with Crippen LogP contribution in [0.2, 0.25) is 0 Å². The molecule has 1 heterocycles. The van der Waals surface area contributed by atoms with Gasteiger partial charge < -0.3 is 14.5 Å². The normalized spacial score (nSPS) is 11.2. The van der Waals surface area contributed by atoms with Crippen molar-refractivity contribution >= 4 is 17.6 Å². The van der Waals surface area contributed by atoms with Crippen molar-refractivity contribution in [3.8, 4) is 11.3 Å². The number of nitrogens with one attached hydrogen (secondary N) is 1. The van der Waals surface area contributed by atoms with Gasteiger partial charge in [0, 0.05) is 17.7 Å². The van der Waals surface area contributed by atoms with Gasteiger partial charge in [-0.2, -0.15) is 0 Å². The highest BCUT2D eigenvalue weighted by Gasteiger charge is 2.20. The lowest BCUT2D eigenvalue weighted by Crippen LogP contribution is -2.16. The van der Waals surface area contributed by atoms with E-state index in [0.29, 0.717) is 36.5 Å². The largest absolute Gasteiger partial charge is 0.466 e. The number of anilines is 1. The third kappa shape index (κ3) is 5.85. The van der Waals surface area contributed by atoms with Crippen molar-refractivity contribution in [2.45, 2.75) is 46.0 Å². The van der Waals surface area contributed by atoms with Crippen LogP contribution in [0.25, 0.3) is 11.3 Å². The first-order chi connectivity index (χ1) is 14.8. The first-order valence-electron chi connectivity index (χ1n) is 10.5. The highest BCUT2D eigenvalue weighted by molar-refractivity contribution is 6.08. The number of aryl methyl sites for hydroxylation is 1. The molecule has 0 bridgehead atoms. The van der Waals surface area contributed by atoms with Crippen molar-refractivity contribution < 1.29 is 18.7 Å². The number of esters is 1. The molecule has 0 spiro atoms. The maximum atomic E-state index is 13.1. The van der Waals surface area contributed by atoms with Crippen LogP contribution in [0.3, 0.4) is 0 Å². The molecule has 0 saturated carbocycles. The summed E-state index contributed by atoms with van der Waals surface area (Å²) in [6, 6.07) is 17.0. The highest BCUT2D eigenvalue weighted by atomic mass is 16.5. The Morgan fingerprint density at radius 2 is 1.84 bits per heavy atom. The van der Waals surface area contributed by atoms with E-state index in [1.165, 1.54) is 0 Å². The molecule has 2 aromatic carbocycles. The molecule has 1 aromatic heterocycles. The number of hydrogen-bond donors (Lipinski definition) is 1. The molecule has 0 radical (unpaired) electrons. The van der Waals surface area contributed by atoms with E-state index in [2.05, 4.69) is 26.1 Å². The molecule has 0 aliphatic rings. The van der Waals surface area contributed by atoms with Crippen molar-refractivity contribution in [1.82, 2.24) is 0 Å². The van der Waals surface area contributed by atoms with Crippen LogP contribution in [0.4, 0.5) is 5.69 Å². The zero-order valence-corrected chi connectivity index (χ0v) is 18.5. The van der Waals surface area contributed by atoms with Crippen LogP contribution in [0.1, 0.15) is 55.6 Å². The van der Waals surface area contributed by atoms with E-state index in [-0.39, 0.29) is 17.3 Å². The van der Waals surface area contributed by atoms with Crippen LogP contribution in [0, 0.1) is 0 Å². The van der Waals surface area contributed by atoms with Crippen molar-refractivity contribution in [3.05, 3.63) is 77.6 Å². The molecular formula is C26H29NO4. The lowest BCUT2D eigenvalue weighted by atomic mass is 9.84. The van der Waals surface area contributed by atoms with Crippen LogP contribution >= 0.6 is 0 Å². The second-order valence-corrected chi connectivity index (χ2v) is 8.45. The first kappa shape index (κ1) is 22.3. The summed E-state index contributed by atoms with van der Waals surface area (Å²) in [5, 5.41) is 2.98. The van der Waals surface area contributed by atoms with Crippen molar-refractivity contribution in [2.75, 3.05) is 11.9 Å². The SMILES string of the molecule is CCOC(=O)CCc1cccc(NC(=O)c2ccc(C(C)(C)C)cc2-c2ccco2)c1. The maximum Gasteiger partial charge on any atom is 0.306 e. The molecule has 5 heteroatoms. The average Bonchev–Trinajstić information content (AvgIpc) is 3.26. The summed E-state index contributed by atoms with van der Waals surface area (Å²) in [6.45, 7) is 8.57. The van der Waals surface area contributed by atoms with Gasteiger partial charge in [-0.25, -0.2) is 0 Å². The van der Waals surface area contributed by atoms with E-state index in [1.807, 2.05) is 54.6 Å². The van der Waals surface area contributed by atoms with Gasteiger partial charge in [0.15, 0.2) is 0 Å². The minimum Gasteiger partial charge on any atom is -0.466 e. The average molecular weight is 420 g/mol. The zero-order chi connectivity index (χ0) is 22.4. The number of furan rings is 1. The monoisotopic (exact) mass is 419 g/mol. The second kappa shape index (κ2) is 9.65. The standard InChI is InChI=1S/C26H29NO4/c1-5-30-24(28)14-11-18-8-6-9-20(16-18)27-25(29)21-13-12-19(26(2,3)4)17-22(21)23-10-7-15-31-23/h6-10,12-13,15-17H,5,11,14H2,1-4H3,(H,27,29). The van der Waals surface area contributed by atoms with Crippen molar-refractivity contribution in [1.29, 1.82) is 0 Å². The molecule has 3 rings (SSSR count). The number of amides is 1. The highest BCUT2D eigenvalue weighted by Crippen LogP contribution is 2.31.